The van der Waals surface area contributed by atoms with E-state index in [9.17, 15) is 19.5 Å². The Labute approximate surface area is 213 Å². The van der Waals surface area contributed by atoms with Gasteiger partial charge in [-0.15, -0.1) is 23.5 Å². The molecule has 0 aromatic heterocycles. The zero-order valence-electron chi connectivity index (χ0n) is 19.7. The minimum absolute atomic E-state index is 0.0197. The minimum Gasteiger partial charge on any atom is -0.507 e. The monoisotopic (exact) mass is 530 g/mol. The second-order valence-electron chi connectivity index (χ2n) is 8.27. The molecule has 2 rings (SSSR count). The Balaban J connectivity index is 1.78. The van der Waals surface area contributed by atoms with E-state index in [2.05, 4.69) is 0 Å². The summed E-state index contributed by atoms with van der Waals surface area (Å²) >= 11 is 5.27. The molecule has 1 heterocycles. The van der Waals surface area contributed by atoms with Gasteiger partial charge in [-0.25, -0.2) is 0 Å². The van der Waals surface area contributed by atoms with Crippen molar-refractivity contribution in [3.05, 3.63) is 23.3 Å². The molecule has 3 N–H and O–H groups in total. The fourth-order valence-electron chi connectivity index (χ4n) is 3.77. The number of carbonyl (C=O) groups excluding carboxylic acids is 1. The number of aliphatic carboxylic acids is 2. The third-order valence-electron chi connectivity index (χ3n) is 5.47. The summed E-state index contributed by atoms with van der Waals surface area (Å²) in [5.74, 6) is 1.50. The summed E-state index contributed by atoms with van der Waals surface area (Å²) in [5.41, 5.74) is 1.00. The van der Waals surface area contributed by atoms with E-state index in [4.69, 9.17) is 14.9 Å². The Hall–Kier alpha value is -1.52. The zero-order chi connectivity index (χ0) is 25.1. The molecule has 0 spiro atoms. The number of hydrogen-bond acceptors (Lipinski definition) is 8. The number of ether oxygens (including phenoxy) is 1. The van der Waals surface area contributed by atoms with E-state index in [-0.39, 0.29) is 28.5 Å². The van der Waals surface area contributed by atoms with Crippen LogP contribution in [0.15, 0.2) is 12.1 Å². The zero-order valence-corrected chi connectivity index (χ0v) is 22.2. The largest absolute Gasteiger partial charge is 0.507 e. The van der Waals surface area contributed by atoms with Crippen molar-refractivity contribution < 1.29 is 34.4 Å². The summed E-state index contributed by atoms with van der Waals surface area (Å²) in [6.07, 6.45) is 3.38. The maximum absolute atomic E-state index is 11.7. The van der Waals surface area contributed by atoms with Gasteiger partial charge in [-0.1, -0.05) is 13.3 Å². The molecule has 190 valence electrons. The number of carboxylic acids is 2. The number of carbonyl (C=O) groups is 3. The number of Topliss-reactive ketones (excluding diaryl/α,β-unsaturated/α-hetero) is 1. The lowest BCUT2D eigenvalue weighted by Crippen LogP contribution is -2.21. The van der Waals surface area contributed by atoms with Crippen molar-refractivity contribution in [3.8, 4) is 11.5 Å². The van der Waals surface area contributed by atoms with Gasteiger partial charge in [0.1, 0.15) is 11.5 Å². The van der Waals surface area contributed by atoms with Crippen LogP contribution in [0.2, 0.25) is 0 Å². The van der Waals surface area contributed by atoms with Crippen LogP contribution in [0.4, 0.5) is 0 Å². The number of benzene rings is 1. The lowest BCUT2D eigenvalue weighted by Gasteiger charge is -2.26. The van der Waals surface area contributed by atoms with Gasteiger partial charge in [0, 0.05) is 35.2 Å². The molecule has 1 aromatic rings. The molecular weight excluding hydrogens is 496 g/mol. The van der Waals surface area contributed by atoms with E-state index in [1.165, 1.54) is 6.92 Å². The van der Waals surface area contributed by atoms with Gasteiger partial charge in [-0.2, -0.15) is 11.8 Å². The van der Waals surface area contributed by atoms with E-state index in [0.717, 1.165) is 30.1 Å². The van der Waals surface area contributed by atoms with Crippen LogP contribution in [0.1, 0.15) is 68.3 Å². The highest BCUT2D eigenvalue weighted by molar-refractivity contribution is 8.22. The molecular formula is C24H34O7S3. The van der Waals surface area contributed by atoms with Crippen molar-refractivity contribution in [2.45, 2.75) is 68.1 Å². The molecule has 1 atom stereocenters. The van der Waals surface area contributed by atoms with E-state index in [0.29, 0.717) is 48.0 Å². The van der Waals surface area contributed by atoms with Gasteiger partial charge in [0.2, 0.25) is 0 Å². The smallest absolute Gasteiger partial charge is 0.303 e. The van der Waals surface area contributed by atoms with Gasteiger partial charge >= 0.3 is 11.9 Å². The van der Waals surface area contributed by atoms with Crippen molar-refractivity contribution in [2.24, 2.45) is 0 Å². The first kappa shape index (κ1) is 28.7. The van der Waals surface area contributed by atoms with Gasteiger partial charge in [-0.05, 0) is 50.5 Å². The van der Waals surface area contributed by atoms with Gasteiger partial charge in [0.25, 0.3) is 0 Å². The van der Waals surface area contributed by atoms with Crippen LogP contribution < -0.4 is 4.74 Å². The fourth-order valence-corrected chi connectivity index (χ4v) is 8.86. The van der Waals surface area contributed by atoms with E-state index in [1.807, 2.05) is 18.7 Å². The van der Waals surface area contributed by atoms with Crippen molar-refractivity contribution in [1.29, 1.82) is 0 Å². The average molecular weight is 531 g/mol. The Morgan fingerprint density at radius 1 is 1.18 bits per heavy atom. The van der Waals surface area contributed by atoms with E-state index >= 15 is 0 Å². The molecule has 0 aliphatic carbocycles. The molecule has 34 heavy (non-hydrogen) atoms. The molecule has 0 amide bonds. The third-order valence-corrected chi connectivity index (χ3v) is 10.8. The lowest BCUT2D eigenvalue weighted by molar-refractivity contribution is -0.137. The lowest BCUT2D eigenvalue weighted by atomic mass is 10.0. The Bertz CT molecular complexity index is 841. The highest BCUT2D eigenvalue weighted by atomic mass is 32.2. The Morgan fingerprint density at radius 3 is 2.44 bits per heavy atom. The highest BCUT2D eigenvalue weighted by Gasteiger charge is 2.40. The summed E-state index contributed by atoms with van der Waals surface area (Å²) in [6.45, 7) is 3.96. The number of ketones is 1. The van der Waals surface area contributed by atoms with E-state index < -0.39 is 11.9 Å². The molecule has 7 nitrogen and oxygen atoms in total. The normalized spacial score (nSPS) is 16.9. The van der Waals surface area contributed by atoms with Crippen LogP contribution in [-0.4, -0.2) is 66.2 Å². The number of hydrogen-bond donors (Lipinski definition) is 3. The molecule has 1 aliphatic heterocycles. The highest BCUT2D eigenvalue weighted by Crippen LogP contribution is 2.54. The van der Waals surface area contributed by atoms with Crippen LogP contribution >= 0.6 is 35.3 Å². The molecule has 1 unspecified atom stereocenters. The number of aromatic hydroxyl groups is 1. The first-order valence-corrected chi connectivity index (χ1v) is 14.5. The van der Waals surface area contributed by atoms with Gasteiger partial charge in [0.05, 0.1) is 16.2 Å². The van der Waals surface area contributed by atoms with Crippen LogP contribution in [0.25, 0.3) is 0 Å². The minimum atomic E-state index is -0.847. The van der Waals surface area contributed by atoms with Crippen LogP contribution in [0.5, 0.6) is 11.5 Å². The average Bonchev–Trinajstić information content (AvgIpc) is 3.19. The van der Waals surface area contributed by atoms with Gasteiger partial charge < -0.3 is 20.1 Å². The van der Waals surface area contributed by atoms with Crippen molar-refractivity contribution in [2.75, 3.05) is 23.9 Å². The molecule has 1 aliphatic rings. The van der Waals surface area contributed by atoms with Gasteiger partial charge in [-0.3, -0.25) is 14.4 Å². The Kier molecular flexibility index (Phi) is 11.9. The molecule has 0 saturated carbocycles. The van der Waals surface area contributed by atoms with Crippen molar-refractivity contribution >= 4 is 53.0 Å². The van der Waals surface area contributed by atoms with Crippen molar-refractivity contribution in [3.63, 3.8) is 0 Å². The predicted octanol–water partition coefficient (Wildman–Crippen LogP) is 5.32. The number of carboxylic acid groups (broad SMARTS) is 2. The standard InChI is InChI=1S/C24H34O7S3/c1-3-5-19-20(7-6-18(16(2)25)23(19)30)31-12-4-13-32-14-17-15-33-24(34-17,10-8-21(26)27)11-9-22(28)29/h6-7,17,30H,3-5,8-15H2,1-2H3,(H,26,27)(H,28,29). The molecule has 1 aromatic carbocycles. The molecule has 1 fully saturated rings. The number of phenols is 1. The summed E-state index contributed by atoms with van der Waals surface area (Å²) < 4.78 is 5.59. The van der Waals surface area contributed by atoms with Crippen LogP contribution in [0.3, 0.4) is 0 Å². The number of phenolic OH excluding ortho intramolecular Hbond substituents is 1. The van der Waals surface area contributed by atoms with Gasteiger partial charge in [0.15, 0.2) is 5.78 Å². The second-order valence-corrected chi connectivity index (χ2v) is 12.8. The third kappa shape index (κ3) is 8.92. The summed E-state index contributed by atoms with van der Waals surface area (Å²) in [4.78, 5) is 33.8. The Morgan fingerprint density at radius 2 is 1.85 bits per heavy atom. The number of rotatable bonds is 16. The summed E-state index contributed by atoms with van der Waals surface area (Å²) in [6, 6.07) is 3.37. The maximum atomic E-state index is 11.7. The summed E-state index contributed by atoms with van der Waals surface area (Å²) in [5, 5.41) is 28.9. The number of thioether (sulfide) groups is 3. The fraction of sp³-hybridized carbons (Fsp3) is 0.625. The van der Waals surface area contributed by atoms with Crippen LogP contribution in [-0.2, 0) is 16.0 Å². The maximum Gasteiger partial charge on any atom is 0.303 e. The SMILES string of the molecule is CCCc1c(OCCCSCC2CSC(CCC(=O)O)(CCC(=O)O)S2)ccc(C(C)=O)c1O. The molecule has 1 saturated heterocycles. The first-order chi connectivity index (χ1) is 16.2. The molecule has 0 bridgehead atoms. The summed E-state index contributed by atoms with van der Waals surface area (Å²) in [7, 11) is 0. The van der Waals surface area contributed by atoms with E-state index in [1.54, 1.807) is 35.7 Å². The molecule has 0 radical (unpaired) electrons. The topological polar surface area (TPSA) is 121 Å². The first-order valence-electron chi connectivity index (χ1n) is 11.5. The quantitative estimate of drug-likeness (QED) is 0.191. The van der Waals surface area contributed by atoms with Crippen LogP contribution in [0, 0.1) is 0 Å². The molecule has 10 heteroatoms. The second kappa shape index (κ2) is 14.1. The predicted molar refractivity (Wildman–Crippen MR) is 140 cm³/mol. The van der Waals surface area contributed by atoms with Crippen molar-refractivity contribution in [1.82, 2.24) is 0 Å².